The van der Waals surface area contributed by atoms with Crippen LogP contribution in [0.2, 0.25) is 5.02 Å². The van der Waals surface area contributed by atoms with Gasteiger partial charge in [-0.05, 0) is 58.1 Å². The van der Waals surface area contributed by atoms with E-state index in [9.17, 15) is 9.59 Å². The van der Waals surface area contributed by atoms with Crippen molar-refractivity contribution in [3.05, 3.63) is 40.9 Å². The van der Waals surface area contributed by atoms with Crippen LogP contribution in [0.1, 0.15) is 74.7 Å². The summed E-state index contributed by atoms with van der Waals surface area (Å²) < 4.78 is 1.70. The Kier molecular flexibility index (Phi) is 6.09. The molecule has 2 saturated carbocycles. The number of para-hydroxylation sites is 1. The Morgan fingerprint density at radius 1 is 1.17 bits per heavy atom. The Bertz CT molecular complexity index is 937. The summed E-state index contributed by atoms with van der Waals surface area (Å²) >= 11 is 6.35. The first kappa shape index (κ1) is 20.8. The van der Waals surface area contributed by atoms with Crippen molar-refractivity contribution in [3.63, 3.8) is 0 Å². The largest absolute Gasteiger partial charge is 0.354 e. The Morgan fingerprint density at radius 2 is 1.93 bits per heavy atom. The number of benzene rings is 1. The number of aromatic nitrogens is 3. The molecule has 1 aromatic carbocycles. The summed E-state index contributed by atoms with van der Waals surface area (Å²) in [5.41, 5.74) is 0.732. The van der Waals surface area contributed by atoms with Gasteiger partial charge < -0.3 is 10.6 Å². The highest BCUT2D eigenvalue weighted by molar-refractivity contribution is 6.32. The fraction of sp³-hybridized carbons (Fsp3) is 0.545. The van der Waals surface area contributed by atoms with Crippen molar-refractivity contribution in [2.45, 2.75) is 70.4 Å². The van der Waals surface area contributed by atoms with Gasteiger partial charge in [-0.15, -0.1) is 5.10 Å². The fourth-order valence-corrected chi connectivity index (χ4v) is 4.25. The maximum atomic E-state index is 12.9. The minimum Gasteiger partial charge on any atom is -0.354 e. The number of carbonyl (C=O) groups excluding carboxylic acids is 2. The van der Waals surface area contributed by atoms with Gasteiger partial charge in [0.1, 0.15) is 5.82 Å². The predicted octanol–water partition coefficient (Wildman–Crippen LogP) is 3.61. The van der Waals surface area contributed by atoms with Crippen molar-refractivity contribution >= 4 is 23.4 Å². The third-order valence-electron chi connectivity index (χ3n) is 5.67. The molecule has 160 valence electrons. The topological polar surface area (TPSA) is 88.9 Å². The quantitative estimate of drug-likeness (QED) is 0.734. The molecule has 2 fully saturated rings. The summed E-state index contributed by atoms with van der Waals surface area (Å²) in [6.07, 6.45) is 5.36. The lowest BCUT2D eigenvalue weighted by Gasteiger charge is -2.29. The molecular weight excluding hydrogens is 402 g/mol. The lowest BCUT2D eigenvalue weighted by Crippen LogP contribution is -2.44. The second kappa shape index (κ2) is 8.76. The zero-order valence-corrected chi connectivity index (χ0v) is 18.2. The van der Waals surface area contributed by atoms with Crippen LogP contribution < -0.4 is 10.6 Å². The molecule has 2 N–H and O–H groups in total. The Labute approximate surface area is 181 Å². The monoisotopic (exact) mass is 429 g/mol. The van der Waals surface area contributed by atoms with E-state index in [0.717, 1.165) is 43.6 Å². The van der Waals surface area contributed by atoms with Crippen LogP contribution in [0.15, 0.2) is 24.3 Å². The molecule has 2 aromatic rings. The molecule has 2 atom stereocenters. The smallest absolute Gasteiger partial charge is 0.291 e. The number of nitrogens with one attached hydrogen (secondary N) is 2. The molecular formula is C22H28ClN5O2. The molecule has 0 aliphatic heterocycles. The van der Waals surface area contributed by atoms with E-state index in [1.807, 2.05) is 32.0 Å². The number of hydrogen-bond donors (Lipinski definition) is 2. The van der Waals surface area contributed by atoms with Gasteiger partial charge in [0.15, 0.2) is 0 Å². The highest BCUT2D eigenvalue weighted by atomic mass is 35.5. The highest BCUT2D eigenvalue weighted by Crippen LogP contribution is 2.40. The van der Waals surface area contributed by atoms with Crippen molar-refractivity contribution in [1.82, 2.24) is 25.4 Å². The third-order valence-corrected chi connectivity index (χ3v) is 5.99. The van der Waals surface area contributed by atoms with Gasteiger partial charge in [-0.3, -0.25) is 9.59 Å². The molecule has 2 unspecified atom stereocenters. The number of rotatable bonds is 6. The van der Waals surface area contributed by atoms with Gasteiger partial charge in [0.25, 0.3) is 5.91 Å². The molecule has 8 heteroatoms. The molecule has 2 aliphatic rings. The molecule has 4 rings (SSSR count). The zero-order valence-electron chi connectivity index (χ0n) is 17.4. The van der Waals surface area contributed by atoms with Gasteiger partial charge >= 0.3 is 0 Å². The van der Waals surface area contributed by atoms with E-state index in [4.69, 9.17) is 11.6 Å². The van der Waals surface area contributed by atoms with Crippen molar-refractivity contribution < 1.29 is 9.59 Å². The molecule has 0 saturated heterocycles. The summed E-state index contributed by atoms with van der Waals surface area (Å²) in [4.78, 5) is 29.8. The molecule has 2 aliphatic carbocycles. The molecule has 0 spiro atoms. The third kappa shape index (κ3) is 4.67. The normalized spacial score (nSPS) is 21.5. The molecule has 1 aromatic heterocycles. The highest BCUT2D eigenvalue weighted by Gasteiger charge is 2.33. The first-order valence-corrected chi connectivity index (χ1v) is 11.1. The minimum absolute atomic E-state index is 0.0502. The standard InChI is InChI=1S/C22H28ClN5O2/c1-13(2)24-21(29)15-6-5-7-16(12-15)25-22(30)19-26-20(14-10-11-14)28(27-19)18-9-4-3-8-17(18)23/h3-4,8-9,13-16H,5-7,10-12H2,1-2H3,(H,24,29)(H,25,30). The average Bonchev–Trinajstić information content (AvgIpc) is 3.46. The van der Waals surface area contributed by atoms with Gasteiger partial charge in [0, 0.05) is 23.9 Å². The number of amides is 2. The molecule has 1 heterocycles. The van der Waals surface area contributed by atoms with Crippen LogP contribution in [0.5, 0.6) is 0 Å². The maximum absolute atomic E-state index is 12.9. The van der Waals surface area contributed by atoms with Crippen LogP contribution in [-0.2, 0) is 4.79 Å². The van der Waals surface area contributed by atoms with Crippen LogP contribution in [0.4, 0.5) is 0 Å². The van der Waals surface area contributed by atoms with Crippen LogP contribution in [0, 0.1) is 5.92 Å². The van der Waals surface area contributed by atoms with Crippen molar-refractivity contribution in [2.24, 2.45) is 5.92 Å². The summed E-state index contributed by atoms with van der Waals surface area (Å²) in [7, 11) is 0. The van der Waals surface area contributed by atoms with E-state index in [1.165, 1.54) is 0 Å². The van der Waals surface area contributed by atoms with Gasteiger partial charge in [0.05, 0.1) is 10.7 Å². The number of halogens is 1. The SMILES string of the molecule is CC(C)NC(=O)C1CCCC(NC(=O)c2nc(C3CC3)n(-c3ccccc3Cl)n2)C1. The van der Waals surface area contributed by atoms with Crippen LogP contribution in [0.25, 0.3) is 5.69 Å². The van der Waals surface area contributed by atoms with Crippen LogP contribution >= 0.6 is 11.6 Å². The molecule has 0 bridgehead atoms. The first-order chi connectivity index (χ1) is 14.4. The minimum atomic E-state index is -0.294. The number of nitrogens with zero attached hydrogens (tertiary/aromatic N) is 3. The first-order valence-electron chi connectivity index (χ1n) is 10.8. The summed E-state index contributed by atoms with van der Waals surface area (Å²) in [6.45, 7) is 3.91. The van der Waals surface area contributed by atoms with E-state index < -0.39 is 0 Å². The Hall–Kier alpha value is -2.41. The van der Waals surface area contributed by atoms with E-state index >= 15 is 0 Å². The summed E-state index contributed by atoms with van der Waals surface area (Å²) in [5, 5.41) is 11.1. The fourth-order valence-electron chi connectivity index (χ4n) is 4.04. The molecule has 30 heavy (non-hydrogen) atoms. The lowest BCUT2D eigenvalue weighted by atomic mass is 9.85. The Morgan fingerprint density at radius 3 is 2.63 bits per heavy atom. The van der Waals surface area contributed by atoms with E-state index in [1.54, 1.807) is 10.7 Å². The van der Waals surface area contributed by atoms with E-state index in [2.05, 4.69) is 20.7 Å². The van der Waals surface area contributed by atoms with Crippen molar-refractivity contribution in [3.8, 4) is 5.69 Å². The molecule has 7 nitrogen and oxygen atoms in total. The second-order valence-corrected chi connectivity index (χ2v) is 9.04. The van der Waals surface area contributed by atoms with Gasteiger partial charge in [-0.25, -0.2) is 9.67 Å². The van der Waals surface area contributed by atoms with Crippen molar-refractivity contribution in [1.29, 1.82) is 0 Å². The number of hydrogen-bond acceptors (Lipinski definition) is 4. The van der Waals surface area contributed by atoms with Gasteiger partial charge in [-0.2, -0.15) is 0 Å². The zero-order chi connectivity index (χ0) is 21.3. The maximum Gasteiger partial charge on any atom is 0.291 e. The second-order valence-electron chi connectivity index (χ2n) is 8.63. The van der Waals surface area contributed by atoms with E-state index in [0.29, 0.717) is 17.4 Å². The summed E-state index contributed by atoms with van der Waals surface area (Å²) in [5.74, 6) is 0.964. The average molecular weight is 430 g/mol. The summed E-state index contributed by atoms with van der Waals surface area (Å²) in [6, 6.07) is 7.51. The van der Waals surface area contributed by atoms with Crippen molar-refractivity contribution in [2.75, 3.05) is 0 Å². The van der Waals surface area contributed by atoms with Gasteiger partial charge in [0.2, 0.25) is 11.7 Å². The number of carbonyl (C=O) groups is 2. The van der Waals surface area contributed by atoms with E-state index in [-0.39, 0.29) is 35.6 Å². The lowest BCUT2D eigenvalue weighted by molar-refractivity contribution is -0.126. The van der Waals surface area contributed by atoms with Gasteiger partial charge in [-0.1, -0.05) is 30.2 Å². The van der Waals surface area contributed by atoms with Crippen LogP contribution in [-0.4, -0.2) is 38.7 Å². The Balaban J connectivity index is 1.48. The van der Waals surface area contributed by atoms with Crippen LogP contribution in [0.3, 0.4) is 0 Å². The predicted molar refractivity (Wildman–Crippen MR) is 115 cm³/mol. The molecule has 2 amide bonds. The molecule has 0 radical (unpaired) electrons.